The number of hydrogen-bond donors (Lipinski definition) is 0. The van der Waals surface area contributed by atoms with Crippen molar-refractivity contribution in [1.29, 1.82) is 0 Å². The van der Waals surface area contributed by atoms with Crippen LogP contribution in [0.25, 0.3) is 0 Å². The van der Waals surface area contributed by atoms with Crippen molar-refractivity contribution in [3.8, 4) is 12.3 Å². The van der Waals surface area contributed by atoms with Crippen LogP contribution in [0.3, 0.4) is 0 Å². The Balaban J connectivity index is 2.86. The molecule has 2 heteroatoms. The van der Waals surface area contributed by atoms with Gasteiger partial charge in [0.25, 0.3) is 0 Å². The zero-order valence-electron chi connectivity index (χ0n) is 9.13. The maximum atomic E-state index is 5.41. The van der Waals surface area contributed by atoms with E-state index in [-0.39, 0.29) is 5.41 Å². The van der Waals surface area contributed by atoms with E-state index in [1.807, 2.05) is 0 Å². The first-order chi connectivity index (χ1) is 6.61. The fourth-order valence-electron chi connectivity index (χ4n) is 1.57. The zero-order valence-corrected chi connectivity index (χ0v) is 9.95. The Labute approximate surface area is 90.7 Å². The largest absolute Gasteiger partial charge is 0.184 e. The van der Waals surface area contributed by atoms with E-state index >= 15 is 0 Å². The zero-order chi connectivity index (χ0) is 10.6. The van der Waals surface area contributed by atoms with E-state index in [9.17, 15) is 0 Å². The van der Waals surface area contributed by atoms with Gasteiger partial charge in [0.15, 0.2) is 0 Å². The Hall–Kier alpha value is -0.810. The summed E-state index contributed by atoms with van der Waals surface area (Å²) in [4.78, 5) is 0. The molecule has 0 aliphatic rings. The summed E-state index contributed by atoms with van der Waals surface area (Å²) in [5, 5.41) is 2.09. The molecule has 1 nitrogen and oxygen atoms in total. The van der Waals surface area contributed by atoms with Gasteiger partial charge >= 0.3 is 0 Å². The van der Waals surface area contributed by atoms with Gasteiger partial charge in [0.2, 0.25) is 0 Å². The molecule has 1 heterocycles. The lowest BCUT2D eigenvalue weighted by molar-refractivity contribution is 0.457. The van der Waals surface area contributed by atoms with Gasteiger partial charge in [-0.2, -0.15) is 4.37 Å². The molecule has 0 radical (unpaired) electrons. The van der Waals surface area contributed by atoms with Crippen molar-refractivity contribution < 1.29 is 0 Å². The SMILES string of the molecule is C#Cc1nscc1C(C)(C)CCCC. The van der Waals surface area contributed by atoms with Crippen LogP contribution in [0, 0.1) is 12.3 Å². The number of hydrogen-bond acceptors (Lipinski definition) is 2. The Bertz CT molecular complexity index is 330. The summed E-state index contributed by atoms with van der Waals surface area (Å²) in [5.41, 5.74) is 2.24. The summed E-state index contributed by atoms with van der Waals surface area (Å²) >= 11 is 1.46. The minimum atomic E-state index is 0.171. The van der Waals surface area contributed by atoms with Gasteiger partial charge in [-0.1, -0.05) is 33.6 Å². The molecule has 0 spiro atoms. The van der Waals surface area contributed by atoms with Crippen LogP contribution >= 0.6 is 11.5 Å². The summed E-state index contributed by atoms with van der Waals surface area (Å²) in [7, 11) is 0. The predicted octanol–water partition coefficient (Wildman–Crippen LogP) is 3.59. The van der Waals surface area contributed by atoms with Crippen LogP contribution in [0.15, 0.2) is 5.38 Å². The number of terminal acetylenes is 1. The van der Waals surface area contributed by atoms with E-state index in [4.69, 9.17) is 6.42 Å². The average Bonchev–Trinajstić information content (AvgIpc) is 2.63. The Morgan fingerprint density at radius 2 is 2.29 bits per heavy atom. The van der Waals surface area contributed by atoms with Gasteiger partial charge in [0, 0.05) is 10.9 Å². The maximum absolute atomic E-state index is 5.41. The van der Waals surface area contributed by atoms with Gasteiger partial charge in [0.1, 0.15) is 5.69 Å². The van der Waals surface area contributed by atoms with Crippen molar-refractivity contribution in [2.75, 3.05) is 0 Å². The minimum Gasteiger partial charge on any atom is -0.184 e. The smallest absolute Gasteiger partial charge is 0.130 e. The highest BCUT2D eigenvalue weighted by molar-refractivity contribution is 7.03. The van der Waals surface area contributed by atoms with Crippen molar-refractivity contribution in [3.63, 3.8) is 0 Å². The van der Waals surface area contributed by atoms with Gasteiger partial charge in [-0.05, 0) is 29.3 Å². The van der Waals surface area contributed by atoms with Gasteiger partial charge in [-0.25, -0.2) is 0 Å². The van der Waals surface area contributed by atoms with Crippen LogP contribution in [0.2, 0.25) is 0 Å². The quantitative estimate of drug-likeness (QED) is 0.687. The predicted molar refractivity (Wildman–Crippen MR) is 62.6 cm³/mol. The molecular weight excluding hydrogens is 190 g/mol. The molecule has 0 atom stereocenters. The third-order valence-electron chi connectivity index (χ3n) is 2.59. The second-order valence-electron chi connectivity index (χ2n) is 4.21. The maximum Gasteiger partial charge on any atom is 0.130 e. The third kappa shape index (κ3) is 2.36. The van der Waals surface area contributed by atoms with Crippen LogP contribution in [0.5, 0.6) is 0 Å². The number of unbranched alkanes of at least 4 members (excludes halogenated alkanes) is 1. The summed E-state index contributed by atoms with van der Waals surface area (Å²) in [6, 6.07) is 0. The number of nitrogens with zero attached hydrogens (tertiary/aromatic N) is 1. The van der Waals surface area contributed by atoms with Crippen molar-refractivity contribution in [1.82, 2.24) is 4.37 Å². The van der Waals surface area contributed by atoms with E-state index in [1.54, 1.807) is 0 Å². The summed E-state index contributed by atoms with van der Waals surface area (Å²) in [5.74, 6) is 2.66. The first kappa shape index (κ1) is 11.3. The van der Waals surface area contributed by atoms with Crippen molar-refractivity contribution in [2.45, 2.75) is 45.4 Å². The van der Waals surface area contributed by atoms with Gasteiger partial charge < -0.3 is 0 Å². The van der Waals surface area contributed by atoms with Crippen LogP contribution in [0.1, 0.15) is 51.3 Å². The Kier molecular flexibility index (Phi) is 3.71. The first-order valence-electron chi connectivity index (χ1n) is 5.03. The van der Waals surface area contributed by atoms with Crippen LogP contribution in [0.4, 0.5) is 0 Å². The van der Waals surface area contributed by atoms with E-state index in [1.165, 1.54) is 36.4 Å². The molecule has 0 aromatic carbocycles. The normalized spacial score (nSPS) is 11.3. The van der Waals surface area contributed by atoms with E-state index in [2.05, 4.69) is 36.4 Å². The summed E-state index contributed by atoms with van der Waals surface area (Å²) in [6.45, 7) is 6.70. The fourth-order valence-corrected chi connectivity index (χ4v) is 2.42. The molecule has 0 saturated carbocycles. The molecule has 1 rings (SSSR count). The Morgan fingerprint density at radius 3 is 2.86 bits per heavy atom. The van der Waals surface area contributed by atoms with Crippen molar-refractivity contribution in [3.05, 3.63) is 16.6 Å². The fraction of sp³-hybridized carbons (Fsp3) is 0.583. The van der Waals surface area contributed by atoms with Crippen LogP contribution in [-0.4, -0.2) is 4.37 Å². The molecule has 0 N–H and O–H groups in total. The van der Waals surface area contributed by atoms with E-state index in [0.717, 1.165) is 5.69 Å². The van der Waals surface area contributed by atoms with Crippen molar-refractivity contribution >= 4 is 11.5 Å². The average molecular weight is 207 g/mol. The summed E-state index contributed by atoms with van der Waals surface area (Å²) < 4.78 is 4.21. The lowest BCUT2D eigenvalue weighted by Crippen LogP contribution is -2.17. The molecule has 0 bridgehead atoms. The van der Waals surface area contributed by atoms with Gasteiger partial charge in [-0.3, -0.25) is 0 Å². The highest BCUT2D eigenvalue weighted by Crippen LogP contribution is 2.31. The molecule has 0 saturated heterocycles. The van der Waals surface area contributed by atoms with Gasteiger partial charge in [-0.15, -0.1) is 6.42 Å². The second kappa shape index (κ2) is 4.61. The Morgan fingerprint density at radius 1 is 1.57 bits per heavy atom. The molecule has 14 heavy (non-hydrogen) atoms. The molecule has 76 valence electrons. The molecule has 0 amide bonds. The number of aromatic nitrogens is 1. The lowest BCUT2D eigenvalue weighted by Gasteiger charge is -2.23. The molecule has 0 fully saturated rings. The van der Waals surface area contributed by atoms with Gasteiger partial charge in [0.05, 0.1) is 0 Å². The second-order valence-corrected chi connectivity index (χ2v) is 4.84. The van der Waals surface area contributed by atoms with E-state index in [0.29, 0.717) is 0 Å². The topological polar surface area (TPSA) is 12.9 Å². The molecule has 0 unspecified atom stereocenters. The first-order valence-corrected chi connectivity index (χ1v) is 5.87. The molecular formula is C12H17NS. The molecule has 1 aromatic heterocycles. The van der Waals surface area contributed by atoms with E-state index < -0.39 is 0 Å². The molecule has 1 aromatic rings. The monoisotopic (exact) mass is 207 g/mol. The molecule has 0 aliphatic carbocycles. The molecule has 0 aliphatic heterocycles. The summed E-state index contributed by atoms with van der Waals surface area (Å²) in [6.07, 6.45) is 9.06. The highest BCUT2D eigenvalue weighted by Gasteiger charge is 2.24. The van der Waals surface area contributed by atoms with Crippen LogP contribution < -0.4 is 0 Å². The van der Waals surface area contributed by atoms with Crippen molar-refractivity contribution in [2.24, 2.45) is 0 Å². The minimum absolute atomic E-state index is 0.171. The standard InChI is InChI=1S/C12H17NS/c1-5-7-8-12(3,4)10-9-14-13-11(10)6-2/h2,9H,5,7-8H2,1,3-4H3. The van der Waals surface area contributed by atoms with Crippen LogP contribution in [-0.2, 0) is 5.41 Å². The third-order valence-corrected chi connectivity index (χ3v) is 3.22. The number of rotatable bonds is 4. The lowest BCUT2D eigenvalue weighted by atomic mass is 9.80. The highest BCUT2D eigenvalue weighted by atomic mass is 32.1.